The summed E-state index contributed by atoms with van der Waals surface area (Å²) in [6, 6.07) is 0.119. The molecule has 1 aliphatic carbocycles. The Labute approximate surface area is 129 Å². The van der Waals surface area contributed by atoms with E-state index >= 15 is 0 Å². The highest BCUT2D eigenvalue weighted by Crippen LogP contribution is 2.40. The molecule has 3 rings (SSSR count). The van der Waals surface area contributed by atoms with Crippen LogP contribution in [0.15, 0.2) is 0 Å². The second kappa shape index (κ2) is 5.44. The van der Waals surface area contributed by atoms with E-state index < -0.39 is 5.60 Å². The van der Waals surface area contributed by atoms with Crippen molar-refractivity contribution in [3.63, 3.8) is 0 Å². The van der Waals surface area contributed by atoms with Crippen LogP contribution in [0.3, 0.4) is 0 Å². The maximum absolute atomic E-state index is 11.8. The maximum Gasteiger partial charge on any atom is 0.407 e. The minimum absolute atomic E-state index is 0.119. The van der Waals surface area contributed by atoms with E-state index in [1.807, 2.05) is 20.8 Å². The molecule has 116 valence electrons. The van der Waals surface area contributed by atoms with E-state index in [9.17, 15) is 4.79 Å². The van der Waals surface area contributed by atoms with Gasteiger partial charge in [0.05, 0.1) is 6.04 Å². The third-order valence-corrected chi connectivity index (χ3v) is 4.34. The molecular formula is C14H22N4O2S. The number of carbonyl (C=O) groups excluding carboxylic acids is 1. The third kappa shape index (κ3) is 3.84. The average molecular weight is 310 g/mol. The largest absolute Gasteiger partial charge is 0.444 e. The third-order valence-electron chi connectivity index (χ3n) is 3.55. The van der Waals surface area contributed by atoms with Gasteiger partial charge in [0.2, 0.25) is 5.13 Å². The number of nitrogens with zero attached hydrogens (tertiary/aromatic N) is 3. The number of hydrogen-bond donors (Lipinski definition) is 1. The number of nitrogens with one attached hydrogen (secondary N) is 1. The lowest BCUT2D eigenvalue weighted by atomic mass is 10.2. The Kier molecular flexibility index (Phi) is 3.77. The van der Waals surface area contributed by atoms with Crippen molar-refractivity contribution in [3.8, 4) is 0 Å². The second-order valence-corrected chi connectivity index (χ2v) is 7.52. The van der Waals surface area contributed by atoms with Gasteiger partial charge in [-0.3, -0.25) is 0 Å². The first-order valence-corrected chi connectivity index (χ1v) is 8.26. The summed E-state index contributed by atoms with van der Waals surface area (Å²) in [5.41, 5.74) is -0.458. The first-order valence-electron chi connectivity index (χ1n) is 7.49. The number of carbonyl (C=O) groups is 1. The molecule has 21 heavy (non-hydrogen) atoms. The smallest absolute Gasteiger partial charge is 0.407 e. The molecule has 0 unspecified atom stereocenters. The van der Waals surface area contributed by atoms with Gasteiger partial charge in [0.25, 0.3) is 0 Å². The summed E-state index contributed by atoms with van der Waals surface area (Å²) in [6.45, 7) is 7.29. The molecule has 1 saturated carbocycles. The SMILES string of the molecule is CC(C)(C)OC(=O)N[C@H]1CCN(c2nc(C3CC3)ns2)C1. The molecule has 1 amide bonds. The number of ether oxygens (including phenoxy) is 1. The number of anilines is 1. The first kappa shape index (κ1) is 14.6. The molecule has 0 aromatic carbocycles. The number of amides is 1. The Hall–Kier alpha value is -1.37. The van der Waals surface area contributed by atoms with Gasteiger partial charge in [-0.1, -0.05) is 0 Å². The Morgan fingerprint density at radius 2 is 2.14 bits per heavy atom. The van der Waals surface area contributed by atoms with E-state index in [-0.39, 0.29) is 12.1 Å². The second-order valence-electron chi connectivity index (χ2n) is 6.79. The van der Waals surface area contributed by atoms with Crippen LogP contribution in [-0.2, 0) is 4.74 Å². The molecule has 1 N–H and O–H groups in total. The molecule has 1 atom stereocenters. The highest BCUT2D eigenvalue weighted by atomic mass is 32.1. The fraction of sp³-hybridized carbons (Fsp3) is 0.786. The van der Waals surface area contributed by atoms with E-state index in [1.54, 1.807) is 0 Å². The number of hydrogen-bond acceptors (Lipinski definition) is 6. The average Bonchev–Trinajstić information content (AvgIpc) is 2.92. The van der Waals surface area contributed by atoms with E-state index in [0.717, 1.165) is 30.5 Å². The summed E-state index contributed by atoms with van der Waals surface area (Å²) in [4.78, 5) is 18.6. The van der Waals surface area contributed by atoms with Crippen LogP contribution in [-0.4, -0.2) is 40.2 Å². The van der Waals surface area contributed by atoms with Crippen molar-refractivity contribution in [2.45, 2.75) is 57.6 Å². The van der Waals surface area contributed by atoms with Gasteiger partial charge in [-0.25, -0.2) is 9.78 Å². The van der Waals surface area contributed by atoms with Crippen LogP contribution < -0.4 is 10.2 Å². The fourth-order valence-corrected chi connectivity index (χ4v) is 3.17. The molecule has 2 heterocycles. The van der Waals surface area contributed by atoms with Gasteiger partial charge < -0.3 is 15.0 Å². The van der Waals surface area contributed by atoms with Gasteiger partial charge in [-0.15, -0.1) is 0 Å². The zero-order valence-corrected chi connectivity index (χ0v) is 13.6. The van der Waals surface area contributed by atoms with E-state index in [0.29, 0.717) is 5.92 Å². The monoisotopic (exact) mass is 310 g/mol. The fourth-order valence-electron chi connectivity index (χ4n) is 2.39. The number of alkyl carbamates (subject to hydrolysis) is 1. The van der Waals surface area contributed by atoms with Crippen molar-refractivity contribution >= 4 is 22.8 Å². The Balaban J connectivity index is 1.51. The highest BCUT2D eigenvalue weighted by molar-refractivity contribution is 7.09. The highest BCUT2D eigenvalue weighted by Gasteiger charge is 2.31. The van der Waals surface area contributed by atoms with Crippen LogP contribution >= 0.6 is 11.5 Å². The predicted molar refractivity (Wildman–Crippen MR) is 81.9 cm³/mol. The normalized spacial score (nSPS) is 22.4. The van der Waals surface area contributed by atoms with E-state index in [1.165, 1.54) is 24.4 Å². The van der Waals surface area contributed by atoms with E-state index in [2.05, 4.69) is 19.6 Å². The first-order chi connectivity index (χ1) is 9.90. The molecule has 1 aliphatic heterocycles. The summed E-state index contributed by atoms with van der Waals surface area (Å²) >= 11 is 1.47. The van der Waals surface area contributed by atoms with Gasteiger partial charge >= 0.3 is 6.09 Å². The van der Waals surface area contributed by atoms with Gasteiger partial charge in [-0.05, 0) is 40.0 Å². The standard InChI is InChI=1S/C14H22N4O2S/c1-14(2,3)20-13(19)15-10-6-7-18(8-10)12-16-11(17-21-12)9-4-5-9/h9-10H,4-8H2,1-3H3,(H,15,19)/t10-/m0/s1. The molecule has 7 heteroatoms. The molecule has 1 saturated heterocycles. The zero-order valence-electron chi connectivity index (χ0n) is 12.8. The minimum Gasteiger partial charge on any atom is -0.444 e. The van der Waals surface area contributed by atoms with Crippen molar-refractivity contribution in [1.82, 2.24) is 14.7 Å². The van der Waals surface area contributed by atoms with Gasteiger partial charge in [0.1, 0.15) is 11.4 Å². The Morgan fingerprint density at radius 3 is 2.81 bits per heavy atom. The van der Waals surface area contributed by atoms with Crippen molar-refractivity contribution in [2.24, 2.45) is 0 Å². The molecule has 1 aromatic heterocycles. The Bertz CT molecular complexity index is 521. The molecule has 2 fully saturated rings. The van der Waals surface area contributed by atoms with Crippen LogP contribution in [0.4, 0.5) is 9.93 Å². The van der Waals surface area contributed by atoms with Gasteiger partial charge in [0.15, 0.2) is 0 Å². The molecular weight excluding hydrogens is 288 g/mol. The zero-order chi connectivity index (χ0) is 15.0. The summed E-state index contributed by atoms with van der Waals surface area (Å²) in [7, 11) is 0. The van der Waals surface area contributed by atoms with Crippen molar-refractivity contribution in [3.05, 3.63) is 5.82 Å². The number of rotatable bonds is 3. The van der Waals surface area contributed by atoms with E-state index in [4.69, 9.17) is 4.74 Å². The summed E-state index contributed by atoms with van der Waals surface area (Å²) in [5.74, 6) is 1.59. The number of aromatic nitrogens is 2. The van der Waals surface area contributed by atoms with Gasteiger partial charge in [-0.2, -0.15) is 4.37 Å². The quantitative estimate of drug-likeness (QED) is 0.929. The molecule has 0 spiro atoms. The van der Waals surface area contributed by atoms with Crippen molar-refractivity contribution in [2.75, 3.05) is 18.0 Å². The lowest BCUT2D eigenvalue weighted by Crippen LogP contribution is -2.40. The Morgan fingerprint density at radius 1 is 1.38 bits per heavy atom. The van der Waals surface area contributed by atoms with Crippen LogP contribution in [0.25, 0.3) is 0 Å². The summed E-state index contributed by atoms with van der Waals surface area (Å²) in [6.07, 6.45) is 3.01. The summed E-state index contributed by atoms with van der Waals surface area (Å²) < 4.78 is 9.72. The van der Waals surface area contributed by atoms with Gasteiger partial charge in [0, 0.05) is 30.5 Å². The molecule has 0 radical (unpaired) electrons. The predicted octanol–water partition coefficient (Wildman–Crippen LogP) is 2.52. The molecule has 6 nitrogen and oxygen atoms in total. The topological polar surface area (TPSA) is 67.3 Å². The lowest BCUT2D eigenvalue weighted by Gasteiger charge is -2.21. The van der Waals surface area contributed by atoms with Crippen LogP contribution in [0.5, 0.6) is 0 Å². The molecule has 0 bridgehead atoms. The molecule has 1 aromatic rings. The van der Waals surface area contributed by atoms with Crippen molar-refractivity contribution < 1.29 is 9.53 Å². The minimum atomic E-state index is -0.458. The van der Waals surface area contributed by atoms with Crippen molar-refractivity contribution in [1.29, 1.82) is 0 Å². The summed E-state index contributed by atoms with van der Waals surface area (Å²) in [5, 5.41) is 3.91. The van der Waals surface area contributed by atoms with Crippen LogP contribution in [0.2, 0.25) is 0 Å². The molecule has 2 aliphatic rings. The van der Waals surface area contributed by atoms with Crippen LogP contribution in [0, 0.1) is 0 Å². The van der Waals surface area contributed by atoms with Crippen LogP contribution in [0.1, 0.15) is 51.8 Å². The lowest BCUT2D eigenvalue weighted by molar-refractivity contribution is 0.0509. The maximum atomic E-state index is 11.8.